The number of carbonyl (C=O) groups excluding carboxylic acids is 1. The molecule has 126 valence electrons. The third-order valence-corrected chi connectivity index (χ3v) is 3.26. The van der Waals surface area contributed by atoms with Crippen molar-refractivity contribution >= 4 is 30.1 Å². The van der Waals surface area contributed by atoms with Crippen molar-refractivity contribution in [2.75, 3.05) is 27.2 Å². The molecule has 0 fully saturated rings. The van der Waals surface area contributed by atoms with E-state index in [1.807, 2.05) is 37.2 Å². The van der Waals surface area contributed by atoms with E-state index in [0.717, 1.165) is 11.1 Å². The fourth-order valence-corrected chi connectivity index (χ4v) is 2.02. The van der Waals surface area contributed by atoms with Crippen LogP contribution in [0, 0.1) is 0 Å². The number of hydrogen-bond acceptors (Lipinski definition) is 4. The first-order valence-corrected chi connectivity index (χ1v) is 7.45. The highest BCUT2D eigenvalue weighted by molar-refractivity contribution is 14.0. The van der Waals surface area contributed by atoms with Gasteiger partial charge < -0.3 is 14.4 Å². The van der Waals surface area contributed by atoms with Crippen LogP contribution in [-0.2, 0) is 4.74 Å². The maximum atomic E-state index is 11.9. The smallest absolute Gasteiger partial charge is 0.433 e. The fourth-order valence-electron chi connectivity index (χ4n) is 2.02. The highest BCUT2D eigenvalue weighted by Gasteiger charge is 2.18. The molecule has 1 rings (SSSR count). The van der Waals surface area contributed by atoms with Crippen LogP contribution in [0.25, 0.3) is 0 Å². The van der Waals surface area contributed by atoms with Crippen molar-refractivity contribution in [1.82, 2.24) is 4.90 Å². The lowest BCUT2D eigenvalue weighted by atomic mass is 9.94. The number of rotatable bonds is 6. The summed E-state index contributed by atoms with van der Waals surface area (Å²) in [6.45, 7) is 9.35. The van der Waals surface area contributed by atoms with Gasteiger partial charge >= 0.3 is 6.16 Å². The van der Waals surface area contributed by atoms with E-state index in [1.165, 1.54) is 0 Å². The quantitative estimate of drug-likeness (QED) is 0.382. The van der Waals surface area contributed by atoms with Gasteiger partial charge in [-0.2, -0.15) is 0 Å². The van der Waals surface area contributed by atoms with Crippen LogP contribution < -0.4 is 4.74 Å². The number of carbonyl (C=O) groups is 1. The van der Waals surface area contributed by atoms with Crippen molar-refractivity contribution < 1.29 is 14.3 Å². The van der Waals surface area contributed by atoms with Crippen molar-refractivity contribution in [2.45, 2.75) is 39.5 Å². The molecule has 0 aliphatic rings. The molecule has 0 heterocycles. The Morgan fingerprint density at radius 3 is 2.00 bits per heavy atom. The Morgan fingerprint density at radius 2 is 1.59 bits per heavy atom. The van der Waals surface area contributed by atoms with Crippen LogP contribution in [0.4, 0.5) is 4.79 Å². The monoisotopic (exact) mass is 421 g/mol. The summed E-state index contributed by atoms with van der Waals surface area (Å²) in [5, 5.41) is 0. The second-order valence-electron chi connectivity index (χ2n) is 6.08. The maximum absolute atomic E-state index is 11.9. The van der Waals surface area contributed by atoms with Crippen LogP contribution in [0.15, 0.2) is 18.2 Å². The largest absolute Gasteiger partial charge is 0.513 e. The molecule has 1 aromatic rings. The number of nitrogens with zero attached hydrogens (tertiary/aromatic N) is 1. The molecule has 0 amide bonds. The van der Waals surface area contributed by atoms with E-state index >= 15 is 0 Å². The van der Waals surface area contributed by atoms with E-state index < -0.39 is 6.16 Å². The number of benzene rings is 1. The molecule has 0 saturated heterocycles. The molecule has 5 heteroatoms. The van der Waals surface area contributed by atoms with Crippen LogP contribution >= 0.6 is 24.0 Å². The van der Waals surface area contributed by atoms with Crippen LogP contribution in [0.3, 0.4) is 0 Å². The molecule has 4 nitrogen and oxygen atoms in total. The Kier molecular flexibility index (Phi) is 9.67. The molecule has 0 bridgehead atoms. The van der Waals surface area contributed by atoms with Crippen LogP contribution in [0.5, 0.6) is 5.75 Å². The topological polar surface area (TPSA) is 38.8 Å². The van der Waals surface area contributed by atoms with E-state index in [2.05, 4.69) is 27.7 Å². The second kappa shape index (κ2) is 10.0. The highest BCUT2D eigenvalue weighted by atomic mass is 127. The van der Waals surface area contributed by atoms with E-state index in [0.29, 0.717) is 18.9 Å². The lowest BCUT2D eigenvalue weighted by Gasteiger charge is -2.18. The predicted octanol–water partition coefficient (Wildman–Crippen LogP) is 4.63. The van der Waals surface area contributed by atoms with Gasteiger partial charge in [-0.05, 0) is 37.1 Å². The first kappa shape index (κ1) is 21.2. The SMILES string of the molecule is CC(C)c1cccc(C(C)C)c1OC(=O)OCCN(C)C.I. The Bertz CT molecular complexity index is 447. The van der Waals surface area contributed by atoms with Crippen molar-refractivity contribution in [1.29, 1.82) is 0 Å². The first-order chi connectivity index (χ1) is 9.82. The van der Waals surface area contributed by atoms with Crippen LogP contribution in [-0.4, -0.2) is 38.3 Å². The molecular formula is C17H28INO3. The average Bonchev–Trinajstić information content (AvgIpc) is 2.37. The Morgan fingerprint density at radius 1 is 1.09 bits per heavy atom. The minimum Gasteiger partial charge on any atom is -0.433 e. The van der Waals surface area contributed by atoms with E-state index in [9.17, 15) is 4.79 Å². The minimum atomic E-state index is -0.633. The van der Waals surface area contributed by atoms with Gasteiger partial charge in [-0.3, -0.25) is 0 Å². The van der Waals surface area contributed by atoms with E-state index in [-0.39, 0.29) is 35.8 Å². The minimum absolute atomic E-state index is 0. The second-order valence-corrected chi connectivity index (χ2v) is 6.08. The normalized spacial score (nSPS) is 10.8. The molecule has 0 aliphatic carbocycles. The van der Waals surface area contributed by atoms with Crippen LogP contribution in [0.1, 0.15) is 50.7 Å². The summed E-state index contributed by atoms with van der Waals surface area (Å²) >= 11 is 0. The van der Waals surface area contributed by atoms with Crippen molar-refractivity contribution in [3.05, 3.63) is 29.3 Å². The molecule has 22 heavy (non-hydrogen) atoms. The summed E-state index contributed by atoms with van der Waals surface area (Å²) in [7, 11) is 3.86. The number of hydrogen-bond donors (Lipinski definition) is 0. The van der Waals surface area contributed by atoms with Gasteiger partial charge in [-0.25, -0.2) is 4.79 Å². The van der Waals surface area contributed by atoms with Gasteiger partial charge in [0.25, 0.3) is 0 Å². The molecule has 0 saturated carbocycles. The average molecular weight is 421 g/mol. The van der Waals surface area contributed by atoms with Gasteiger partial charge in [0.1, 0.15) is 12.4 Å². The molecule has 0 aromatic heterocycles. The maximum Gasteiger partial charge on any atom is 0.513 e. The van der Waals surface area contributed by atoms with Crippen molar-refractivity contribution in [3.8, 4) is 5.75 Å². The molecule has 0 N–H and O–H groups in total. The standard InChI is InChI=1S/C17H27NO3.HI/c1-12(2)14-8-7-9-15(13(3)4)16(14)21-17(19)20-11-10-18(5)6;/h7-9,12-13H,10-11H2,1-6H3;1H. The van der Waals surface area contributed by atoms with Gasteiger partial charge in [0.05, 0.1) is 0 Å². The number of likely N-dealkylation sites (N-methyl/N-ethyl adjacent to an activating group) is 1. The number of halogens is 1. The Balaban J connectivity index is 0.00000441. The third-order valence-electron chi connectivity index (χ3n) is 3.26. The van der Waals surface area contributed by atoms with Crippen LogP contribution in [0.2, 0.25) is 0 Å². The zero-order chi connectivity index (χ0) is 16.0. The van der Waals surface area contributed by atoms with E-state index in [1.54, 1.807) is 0 Å². The predicted molar refractivity (Wildman–Crippen MR) is 101 cm³/mol. The first-order valence-electron chi connectivity index (χ1n) is 7.45. The summed E-state index contributed by atoms with van der Waals surface area (Å²) in [6, 6.07) is 6.01. The molecule has 1 aromatic carbocycles. The molecule has 0 unspecified atom stereocenters. The van der Waals surface area contributed by atoms with Crippen molar-refractivity contribution in [3.63, 3.8) is 0 Å². The zero-order valence-electron chi connectivity index (χ0n) is 14.4. The zero-order valence-corrected chi connectivity index (χ0v) is 16.7. The lowest BCUT2D eigenvalue weighted by Crippen LogP contribution is -2.22. The molecule has 0 radical (unpaired) electrons. The third kappa shape index (κ3) is 6.52. The summed E-state index contributed by atoms with van der Waals surface area (Å²) in [4.78, 5) is 13.8. The molecule has 0 aliphatic heterocycles. The summed E-state index contributed by atoms with van der Waals surface area (Å²) in [5.74, 6) is 1.22. The van der Waals surface area contributed by atoms with Crippen molar-refractivity contribution in [2.24, 2.45) is 0 Å². The lowest BCUT2D eigenvalue weighted by molar-refractivity contribution is 0.0919. The number of ether oxygens (including phenoxy) is 2. The van der Waals surface area contributed by atoms with Gasteiger partial charge in [-0.1, -0.05) is 45.9 Å². The molecule has 0 atom stereocenters. The number of para-hydroxylation sites is 1. The Hall–Kier alpha value is -0.820. The van der Waals surface area contributed by atoms with Gasteiger partial charge in [0.2, 0.25) is 0 Å². The molecular weight excluding hydrogens is 393 g/mol. The van der Waals surface area contributed by atoms with Gasteiger partial charge in [0, 0.05) is 6.54 Å². The summed E-state index contributed by atoms with van der Waals surface area (Å²) in [5.41, 5.74) is 2.07. The van der Waals surface area contributed by atoms with E-state index in [4.69, 9.17) is 9.47 Å². The van der Waals surface area contributed by atoms with Gasteiger partial charge in [-0.15, -0.1) is 24.0 Å². The molecule has 0 spiro atoms. The van der Waals surface area contributed by atoms with Gasteiger partial charge in [0.15, 0.2) is 0 Å². The fraction of sp³-hybridized carbons (Fsp3) is 0.588. The summed E-state index contributed by atoms with van der Waals surface area (Å²) in [6.07, 6.45) is -0.633. The summed E-state index contributed by atoms with van der Waals surface area (Å²) < 4.78 is 10.6. The highest BCUT2D eigenvalue weighted by Crippen LogP contribution is 2.34. The Labute approximate surface area is 151 Å².